The molecule has 0 aliphatic heterocycles. The minimum absolute atomic E-state index is 0.00611. The van der Waals surface area contributed by atoms with Crippen molar-refractivity contribution in [2.45, 2.75) is 31.7 Å². The fourth-order valence-electron chi connectivity index (χ4n) is 2.54. The molecule has 1 amide bonds. The Morgan fingerprint density at radius 2 is 2.10 bits per heavy atom. The molecule has 0 saturated heterocycles. The van der Waals surface area contributed by atoms with Crippen molar-refractivity contribution in [3.8, 4) is 0 Å². The van der Waals surface area contributed by atoms with Crippen LogP contribution in [0.4, 0.5) is 6.01 Å². The molecule has 1 fully saturated rings. The molecule has 1 aliphatic rings. The molecule has 106 valence electrons. The average molecular weight is 294 g/mol. The number of benzene rings is 1. The molecule has 0 atom stereocenters. The van der Waals surface area contributed by atoms with Gasteiger partial charge in [0, 0.05) is 17.0 Å². The zero-order valence-corrected chi connectivity index (χ0v) is 11.7. The first-order valence-corrected chi connectivity index (χ1v) is 7.12. The van der Waals surface area contributed by atoms with Crippen LogP contribution in [0.3, 0.4) is 0 Å². The predicted molar refractivity (Wildman–Crippen MR) is 77.6 cm³/mol. The normalized spacial score (nSPS) is 22.9. The van der Waals surface area contributed by atoms with Crippen molar-refractivity contribution in [2.75, 3.05) is 5.32 Å². The molecule has 1 heterocycles. The Hall–Kier alpha value is -1.59. The molecule has 1 aromatic carbocycles. The third-order valence-electron chi connectivity index (χ3n) is 3.72. The van der Waals surface area contributed by atoms with Crippen molar-refractivity contribution in [3.63, 3.8) is 0 Å². The lowest BCUT2D eigenvalue weighted by molar-refractivity contribution is -0.120. The topological polar surface area (TPSA) is 81.2 Å². The standard InChI is InChI=1S/C14H16ClN3O2/c15-9-3-6-12-11(7-9)17-14(20-12)18-13(19)8-1-4-10(16)5-2-8/h3,6-8,10H,1-2,4-5,16H2,(H,17,18,19)/t8-,10-. The summed E-state index contributed by atoms with van der Waals surface area (Å²) in [5, 5.41) is 3.32. The summed E-state index contributed by atoms with van der Waals surface area (Å²) in [4.78, 5) is 16.4. The van der Waals surface area contributed by atoms with E-state index in [0.29, 0.717) is 16.1 Å². The van der Waals surface area contributed by atoms with Gasteiger partial charge < -0.3 is 10.2 Å². The number of rotatable bonds is 2. The molecule has 2 aromatic rings. The first-order chi connectivity index (χ1) is 9.61. The van der Waals surface area contributed by atoms with Gasteiger partial charge in [-0.1, -0.05) is 11.6 Å². The van der Waals surface area contributed by atoms with E-state index in [9.17, 15) is 4.79 Å². The number of hydrogen-bond acceptors (Lipinski definition) is 4. The van der Waals surface area contributed by atoms with Crippen molar-refractivity contribution in [2.24, 2.45) is 11.7 Å². The second kappa shape index (κ2) is 5.42. The maximum Gasteiger partial charge on any atom is 0.302 e. The summed E-state index contributed by atoms with van der Waals surface area (Å²) in [5.41, 5.74) is 7.08. The second-order valence-electron chi connectivity index (χ2n) is 5.23. The van der Waals surface area contributed by atoms with E-state index in [0.717, 1.165) is 25.7 Å². The molecule has 1 saturated carbocycles. The Bertz CT molecular complexity index is 632. The van der Waals surface area contributed by atoms with E-state index in [4.69, 9.17) is 21.8 Å². The fraction of sp³-hybridized carbons (Fsp3) is 0.429. The summed E-state index contributed by atoms with van der Waals surface area (Å²) in [6, 6.07) is 5.62. The first kappa shape index (κ1) is 13.4. The van der Waals surface area contributed by atoms with Crippen LogP contribution in [0.1, 0.15) is 25.7 Å². The number of nitrogens with zero attached hydrogens (tertiary/aromatic N) is 1. The SMILES string of the molecule is N[C@H]1CC[C@H](C(=O)Nc2nc3cc(Cl)ccc3o2)CC1. The zero-order valence-electron chi connectivity index (χ0n) is 10.9. The first-order valence-electron chi connectivity index (χ1n) is 6.74. The van der Waals surface area contributed by atoms with Gasteiger partial charge in [0.1, 0.15) is 5.52 Å². The van der Waals surface area contributed by atoms with Crippen molar-refractivity contribution in [3.05, 3.63) is 23.2 Å². The predicted octanol–water partition coefficient (Wildman–Crippen LogP) is 2.94. The molecular weight excluding hydrogens is 278 g/mol. The van der Waals surface area contributed by atoms with Crippen LogP contribution < -0.4 is 11.1 Å². The molecule has 3 N–H and O–H groups in total. The molecule has 1 aromatic heterocycles. The van der Waals surface area contributed by atoms with E-state index >= 15 is 0 Å². The second-order valence-corrected chi connectivity index (χ2v) is 5.67. The number of halogens is 1. The molecule has 1 aliphatic carbocycles. The average Bonchev–Trinajstić information content (AvgIpc) is 2.80. The highest BCUT2D eigenvalue weighted by atomic mass is 35.5. The van der Waals surface area contributed by atoms with Gasteiger partial charge >= 0.3 is 6.01 Å². The zero-order chi connectivity index (χ0) is 14.1. The largest absolute Gasteiger partial charge is 0.423 e. The van der Waals surface area contributed by atoms with Crippen molar-refractivity contribution < 1.29 is 9.21 Å². The minimum atomic E-state index is -0.0467. The molecule has 0 bridgehead atoms. The summed E-state index contributed by atoms with van der Waals surface area (Å²) >= 11 is 5.89. The van der Waals surface area contributed by atoms with Crippen molar-refractivity contribution in [1.82, 2.24) is 4.98 Å². The van der Waals surface area contributed by atoms with E-state index < -0.39 is 0 Å². The Kier molecular flexibility index (Phi) is 3.63. The highest BCUT2D eigenvalue weighted by Gasteiger charge is 2.25. The maximum absolute atomic E-state index is 12.1. The van der Waals surface area contributed by atoms with E-state index in [1.54, 1.807) is 18.2 Å². The van der Waals surface area contributed by atoms with E-state index in [1.807, 2.05) is 0 Å². The monoisotopic (exact) mass is 293 g/mol. The summed E-state index contributed by atoms with van der Waals surface area (Å²) < 4.78 is 5.48. The van der Waals surface area contributed by atoms with Gasteiger partial charge in [0.05, 0.1) is 0 Å². The van der Waals surface area contributed by atoms with Gasteiger partial charge in [-0.2, -0.15) is 4.98 Å². The third kappa shape index (κ3) is 2.78. The van der Waals surface area contributed by atoms with Gasteiger partial charge in [-0.3, -0.25) is 10.1 Å². The van der Waals surface area contributed by atoms with Gasteiger partial charge in [-0.25, -0.2) is 0 Å². The molecule has 3 rings (SSSR count). The number of amides is 1. The van der Waals surface area contributed by atoms with Gasteiger partial charge in [-0.05, 0) is 43.9 Å². The number of carbonyl (C=O) groups excluding carboxylic acids is 1. The Balaban J connectivity index is 1.71. The smallest absolute Gasteiger partial charge is 0.302 e. The summed E-state index contributed by atoms with van der Waals surface area (Å²) in [5.74, 6) is -0.0528. The Labute approximate surface area is 121 Å². The molecule has 0 unspecified atom stereocenters. The highest BCUT2D eigenvalue weighted by Crippen LogP contribution is 2.26. The van der Waals surface area contributed by atoms with E-state index in [1.165, 1.54) is 0 Å². The Morgan fingerprint density at radius 3 is 2.85 bits per heavy atom. The van der Waals surface area contributed by atoms with Gasteiger partial charge in [-0.15, -0.1) is 0 Å². The van der Waals surface area contributed by atoms with Crippen molar-refractivity contribution >= 4 is 34.6 Å². The van der Waals surface area contributed by atoms with Crippen LogP contribution in [0, 0.1) is 5.92 Å². The number of carbonyl (C=O) groups is 1. The van der Waals surface area contributed by atoms with E-state index in [2.05, 4.69) is 10.3 Å². The number of nitrogens with two attached hydrogens (primary N) is 1. The van der Waals surface area contributed by atoms with Gasteiger partial charge in [0.15, 0.2) is 5.58 Å². The highest BCUT2D eigenvalue weighted by molar-refractivity contribution is 6.31. The number of anilines is 1. The molecule has 0 radical (unpaired) electrons. The van der Waals surface area contributed by atoms with Crippen LogP contribution in [-0.4, -0.2) is 16.9 Å². The molecule has 5 nitrogen and oxygen atoms in total. The fourth-order valence-corrected chi connectivity index (χ4v) is 2.71. The van der Waals surface area contributed by atoms with Crippen LogP contribution in [0.15, 0.2) is 22.6 Å². The van der Waals surface area contributed by atoms with Crippen LogP contribution in [0.2, 0.25) is 5.02 Å². The van der Waals surface area contributed by atoms with Crippen LogP contribution in [0.5, 0.6) is 0 Å². The number of nitrogens with one attached hydrogen (secondary N) is 1. The Morgan fingerprint density at radius 1 is 1.35 bits per heavy atom. The summed E-state index contributed by atoms with van der Waals surface area (Å²) in [6.45, 7) is 0. The van der Waals surface area contributed by atoms with Crippen LogP contribution in [-0.2, 0) is 4.79 Å². The van der Waals surface area contributed by atoms with Crippen molar-refractivity contribution in [1.29, 1.82) is 0 Å². The summed E-state index contributed by atoms with van der Waals surface area (Å²) in [6.07, 6.45) is 3.42. The lowest BCUT2D eigenvalue weighted by Gasteiger charge is -2.24. The number of oxazole rings is 1. The molecular formula is C14H16ClN3O2. The van der Waals surface area contributed by atoms with E-state index in [-0.39, 0.29) is 23.9 Å². The quantitative estimate of drug-likeness (QED) is 0.892. The van der Waals surface area contributed by atoms with Crippen LogP contribution >= 0.6 is 11.6 Å². The molecule has 20 heavy (non-hydrogen) atoms. The lowest BCUT2D eigenvalue weighted by atomic mass is 9.86. The lowest BCUT2D eigenvalue weighted by Crippen LogP contribution is -2.32. The maximum atomic E-state index is 12.1. The summed E-state index contributed by atoms with van der Waals surface area (Å²) in [7, 11) is 0. The number of aromatic nitrogens is 1. The molecule has 0 spiro atoms. The number of hydrogen-bond donors (Lipinski definition) is 2. The van der Waals surface area contributed by atoms with Gasteiger partial charge in [0.25, 0.3) is 0 Å². The number of fused-ring (bicyclic) bond motifs is 1. The third-order valence-corrected chi connectivity index (χ3v) is 3.96. The van der Waals surface area contributed by atoms with Crippen LogP contribution in [0.25, 0.3) is 11.1 Å². The van der Waals surface area contributed by atoms with Gasteiger partial charge in [0.2, 0.25) is 5.91 Å². The minimum Gasteiger partial charge on any atom is -0.423 e. The molecule has 6 heteroatoms.